The van der Waals surface area contributed by atoms with Crippen LogP contribution < -0.4 is 0 Å². The zero-order chi connectivity index (χ0) is 12.6. The second kappa shape index (κ2) is 3.90. The van der Waals surface area contributed by atoms with E-state index in [9.17, 15) is 22.0 Å². The van der Waals surface area contributed by atoms with E-state index in [1.54, 1.807) is 0 Å². The van der Waals surface area contributed by atoms with Crippen molar-refractivity contribution >= 4 is 16.1 Å². The fraction of sp³-hybridized carbons (Fsp3) is 0.857. The summed E-state index contributed by atoms with van der Waals surface area (Å²) in [6, 6.07) is 0. The molecule has 16 heavy (non-hydrogen) atoms. The van der Waals surface area contributed by atoms with Crippen LogP contribution in [0.25, 0.3) is 0 Å². The zero-order valence-corrected chi connectivity index (χ0v) is 9.09. The van der Waals surface area contributed by atoms with Gasteiger partial charge in [-0.25, -0.2) is 4.79 Å². The largest absolute Gasteiger partial charge is 0.465 e. The van der Waals surface area contributed by atoms with E-state index >= 15 is 0 Å². The Bertz CT molecular complexity index is 386. The molecule has 6 nitrogen and oxygen atoms in total. The van der Waals surface area contributed by atoms with Gasteiger partial charge in [0, 0.05) is 6.42 Å². The van der Waals surface area contributed by atoms with Gasteiger partial charge in [0.1, 0.15) is 12.2 Å². The molecule has 1 unspecified atom stereocenters. The molecule has 0 amide bonds. The monoisotopic (exact) mass is 260 g/mol. The van der Waals surface area contributed by atoms with Crippen LogP contribution in [0, 0.1) is 0 Å². The van der Waals surface area contributed by atoms with Crippen LogP contribution in [0.3, 0.4) is 0 Å². The van der Waals surface area contributed by atoms with E-state index in [2.05, 4.69) is 4.74 Å². The average Bonchev–Trinajstić information content (AvgIpc) is 2.09. The highest BCUT2D eigenvalue weighted by molar-refractivity contribution is 7.87. The minimum Gasteiger partial charge on any atom is -0.457 e. The van der Waals surface area contributed by atoms with Gasteiger partial charge in [-0.2, -0.15) is 17.2 Å². The van der Waals surface area contributed by atoms with Crippen molar-refractivity contribution in [3.05, 3.63) is 0 Å². The van der Waals surface area contributed by atoms with Crippen LogP contribution in [0.15, 0.2) is 0 Å². The predicted octanol–water partition coefficient (Wildman–Crippen LogP) is 0.189. The third kappa shape index (κ3) is 2.47. The molecule has 0 aromatic carbocycles. The summed E-state index contributed by atoms with van der Waals surface area (Å²) in [4.78, 5) is 10.7. The molecule has 1 rings (SSSR count). The summed E-state index contributed by atoms with van der Waals surface area (Å²) in [6.07, 6.45) is 0.512. The van der Waals surface area contributed by atoms with Crippen molar-refractivity contribution in [2.24, 2.45) is 0 Å². The maximum atomic E-state index is 12.7. The minimum absolute atomic E-state index is 0.419. The highest BCUT2D eigenvalue weighted by atomic mass is 32.2. The van der Waals surface area contributed by atoms with Gasteiger partial charge in [0.2, 0.25) is 0 Å². The molecule has 1 fully saturated rings. The number of hydrogen-bond acceptors (Lipinski definition) is 5. The lowest BCUT2D eigenvalue weighted by molar-refractivity contribution is -0.191. The quantitative estimate of drug-likeness (QED) is 0.573. The average molecular weight is 260 g/mol. The molecule has 0 aromatic rings. The molecule has 1 atom stereocenters. The van der Waals surface area contributed by atoms with Gasteiger partial charge in [-0.3, -0.25) is 4.55 Å². The lowest BCUT2D eigenvalue weighted by atomic mass is 9.99. The molecule has 0 aliphatic carbocycles. The molecule has 1 aliphatic heterocycles. The summed E-state index contributed by atoms with van der Waals surface area (Å²) in [5.74, 6) is -2.31. The minimum atomic E-state index is -5.81. The number of halogens is 2. The van der Waals surface area contributed by atoms with Gasteiger partial charge < -0.3 is 9.47 Å². The molecule has 0 radical (unpaired) electrons. The highest BCUT2D eigenvalue weighted by Crippen LogP contribution is 2.28. The summed E-state index contributed by atoms with van der Waals surface area (Å²) >= 11 is 0. The van der Waals surface area contributed by atoms with E-state index in [1.165, 1.54) is 6.92 Å². The van der Waals surface area contributed by atoms with Gasteiger partial charge in [-0.05, 0) is 6.92 Å². The SMILES string of the molecule is CC1(COC(=O)C(F)(F)S(=O)(=O)O)CCO1. The number of alkyl halides is 2. The molecule has 1 N–H and O–H groups in total. The normalized spacial score (nSPS) is 26.0. The molecule has 94 valence electrons. The van der Waals surface area contributed by atoms with Gasteiger partial charge >= 0.3 is 21.3 Å². The third-order valence-corrected chi connectivity index (χ3v) is 2.97. The second-order valence-corrected chi connectivity index (χ2v) is 5.08. The summed E-state index contributed by atoms with van der Waals surface area (Å²) in [6.45, 7) is 1.45. The first kappa shape index (κ1) is 13.3. The van der Waals surface area contributed by atoms with Crippen molar-refractivity contribution in [2.45, 2.75) is 24.2 Å². The molecule has 1 saturated heterocycles. The Labute approximate surface area is 90.3 Å². The molecule has 0 saturated carbocycles. The molecule has 0 aromatic heterocycles. The Morgan fingerprint density at radius 1 is 1.62 bits per heavy atom. The lowest BCUT2D eigenvalue weighted by Gasteiger charge is -2.37. The summed E-state index contributed by atoms with van der Waals surface area (Å²) < 4.78 is 62.8. The van der Waals surface area contributed by atoms with Gasteiger partial charge in [-0.15, -0.1) is 0 Å². The van der Waals surface area contributed by atoms with Crippen LogP contribution in [0.5, 0.6) is 0 Å². The van der Waals surface area contributed by atoms with Crippen molar-refractivity contribution in [1.29, 1.82) is 0 Å². The summed E-state index contributed by atoms with van der Waals surface area (Å²) in [7, 11) is -5.81. The molecule has 9 heteroatoms. The van der Waals surface area contributed by atoms with Crippen LogP contribution in [-0.4, -0.2) is 43.0 Å². The maximum Gasteiger partial charge on any atom is 0.465 e. The number of esters is 1. The Kier molecular flexibility index (Phi) is 3.23. The van der Waals surface area contributed by atoms with Crippen molar-refractivity contribution in [2.75, 3.05) is 13.2 Å². The van der Waals surface area contributed by atoms with Crippen molar-refractivity contribution < 1.29 is 36.0 Å². The smallest absolute Gasteiger partial charge is 0.457 e. The third-order valence-electron chi connectivity index (χ3n) is 2.15. The summed E-state index contributed by atoms with van der Waals surface area (Å²) in [5.41, 5.74) is -0.856. The van der Waals surface area contributed by atoms with E-state index in [0.29, 0.717) is 13.0 Å². The van der Waals surface area contributed by atoms with Crippen LogP contribution in [-0.2, 0) is 24.4 Å². The van der Waals surface area contributed by atoms with Gasteiger partial charge in [0.25, 0.3) is 0 Å². The highest BCUT2D eigenvalue weighted by Gasteiger charge is 2.54. The molecule has 1 heterocycles. The van der Waals surface area contributed by atoms with Crippen LogP contribution >= 0.6 is 0 Å². The van der Waals surface area contributed by atoms with Crippen molar-refractivity contribution in [1.82, 2.24) is 0 Å². The number of hydrogen-bond donors (Lipinski definition) is 1. The van der Waals surface area contributed by atoms with E-state index < -0.39 is 33.5 Å². The number of ether oxygens (including phenoxy) is 2. The van der Waals surface area contributed by atoms with Crippen LogP contribution in [0.2, 0.25) is 0 Å². The summed E-state index contributed by atoms with van der Waals surface area (Å²) in [5, 5.41) is -4.95. The molecular weight excluding hydrogens is 250 g/mol. The van der Waals surface area contributed by atoms with Gasteiger partial charge in [0.05, 0.1) is 6.61 Å². The van der Waals surface area contributed by atoms with Crippen molar-refractivity contribution in [3.63, 3.8) is 0 Å². The Balaban J connectivity index is 2.59. The van der Waals surface area contributed by atoms with E-state index in [0.717, 1.165) is 0 Å². The fourth-order valence-electron chi connectivity index (χ4n) is 0.972. The van der Waals surface area contributed by atoms with Gasteiger partial charge in [-0.1, -0.05) is 0 Å². The first-order chi connectivity index (χ1) is 7.08. The number of rotatable bonds is 4. The van der Waals surface area contributed by atoms with Crippen LogP contribution in [0.4, 0.5) is 8.78 Å². The molecule has 0 spiro atoms. The Morgan fingerprint density at radius 3 is 2.44 bits per heavy atom. The first-order valence-corrected chi connectivity index (χ1v) is 5.68. The zero-order valence-electron chi connectivity index (χ0n) is 8.27. The van der Waals surface area contributed by atoms with Crippen LogP contribution in [0.1, 0.15) is 13.3 Å². The topological polar surface area (TPSA) is 89.9 Å². The van der Waals surface area contributed by atoms with E-state index in [1.807, 2.05) is 0 Å². The van der Waals surface area contributed by atoms with E-state index in [-0.39, 0.29) is 0 Å². The first-order valence-electron chi connectivity index (χ1n) is 4.24. The Morgan fingerprint density at radius 2 is 2.12 bits per heavy atom. The molecule has 0 bridgehead atoms. The van der Waals surface area contributed by atoms with Gasteiger partial charge in [0.15, 0.2) is 0 Å². The number of carbonyl (C=O) groups excluding carboxylic acids is 1. The number of carbonyl (C=O) groups is 1. The maximum absolute atomic E-state index is 12.7. The van der Waals surface area contributed by atoms with E-state index in [4.69, 9.17) is 9.29 Å². The van der Waals surface area contributed by atoms with Crippen molar-refractivity contribution in [3.8, 4) is 0 Å². The Hall–Kier alpha value is -0.800. The predicted molar refractivity (Wildman–Crippen MR) is 46.4 cm³/mol. The lowest BCUT2D eigenvalue weighted by Crippen LogP contribution is -2.47. The fourth-order valence-corrected chi connectivity index (χ4v) is 1.24. The molecule has 1 aliphatic rings. The molecular formula is C7H10F2O6S. The standard InChI is InChI=1S/C7H10F2O6S/c1-6(2-3-15-6)4-14-5(10)7(8,9)16(11,12)13/h2-4H2,1H3,(H,11,12,13). The second-order valence-electron chi connectivity index (χ2n) is 3.62.